The summed E-state index contributed by atoms with van der Waals surface area (Å²) in [7, 11) is 0. The first-order valence-corrected chi connectivity index (χ1v) is 8.39. The van der Waals surface area contributed by atoms with Gasteiger partial charge in [0.1, 0.15) is 0 Å². The number of hydrogen-bond acceptors (Lipinski definition) is 3. The first kappa shape index (κ1) is 16.9. The van der Waals surface area contributed by atoms with Gasteiger partial charge in [-0.25, -0.2) is 0 Å². The molecule has 3 nitrogen and oxygen atoms in total. The van der Waals surface area contributed by atoms with E-state index in [0.29, 0.717) is 6.04 Å². The molecule has 0 radical (unpaired) electrons. The van der Waals surface area contributed by atoms with E-state index in [-0.39, 0.29) is 0 Å². The highest BCUT2D eigenvalue weighted by Crippen LogP contribution is 2.19. The van der Waals surface area contributed by atoms with Gasteiger partial charge < -0.3 is 15.1 Å². The van der Waals surface area contributed by atoms with Gasteiger partial charge in [-0.2, -0.15) is 0 Å². The highest BCUT2D eigenvalue weighted by molar-refractivity contribution is 4.80. The molecule has 19 heavy (non-hydrogen) atoms. The number of piperidine rings is 1. The van der Waals surface area contributed by atoms with Crippen LogP contribution < -0.4 is 5.32 Å². The molecule has 1 N–H and O–H groups in total. The molecule has 1 aliphatic heterocycles. The van der Waals surface area contributed by atoms with Gasteiger partial charge in [-0.05, 0) is 58.3 Å². The summed E-state index contributed by atoms with van der Waals surface area (Å²) in [6, 6.07) is 0.662. The molecule has 0 bridgehead atoms. The van der Waals surface area contributed by atoms with Gasteiger partial charge in [0.25, 0.3) is 0 Å². The van der Waals surface area contributed by atoms with Crippen LogP contribution in [0.15, 0.2) is 0 Å². The predicted octanol–water partition coefficient (Wildman–Crippen LogP) is 2.43. The molecule has 0 aromatic carbocycles. The zero-order valence-electron chi connectivity index (χ0n) is 13.6. The van der Waals surface area contributed by atoms with Crippen LogP contribution in [0, 0.1) is 5.92 Å². The van der Waals surface area contributed by atoms with E-state index in [0.717, 1.165) is 12.5 Å². The van der Waals surface area contributed by atoms with Gasteiger partial charge in [0.15, 0.2) is 0 Å². The van der Waals surface area contributed by atoms with Crippen molar-refractivity contribution in [1.82, 2.24) is 15.1 Å². The minimum atomic E-state index is 0.662. The average Bonchev–Trinajstić information content (AvgIpc) is 2.44. The van der Waals surface area contributed by atoms with Crippen molar-refractivity contribution in [3.05, 3.63) is 0 Å². The molecule has 1 rings (SSSR count). The minimum Gasteiger partial charge on any atom is -0.313 e. The number of nitrogens with one attached hydrogen (secondary N) is 1. The van der Waals surface area contributed by atoms with E-state index in [4.69, 9.17) is 0 Å². The predicted molar refractivity (Wildman–Crippen MR) is 84.7 cm³/mol. The minimum absolute atomic E-state index is 0.662. The van der Waals surface area contributed by atoms with Crippen LogP contribution in [0.2, 0.25) is 0 Å². The Balaban J connectivity index is 2.22. The maximum Gasteiger partial charge on any atom is 0.0107 e. The van der Waals surface area contributed by atoms with Gasteiger partial charge in [0.05, 0.1) is 0 Å². The summed E-state index contributed by atoms with van der Waals surface area (Å²) in [5, 5.41) is 3.75. The van der Waals surface area contributed by atoms with E-state index in [1.165, 1.54) is 58.5 Å². The zero-order chi connectivity index (χ0) is 14.1. The summed E-state index contributed by atoms with van der Waals surface area (Å²) in [5.41, 5.74) is 0. The third kappa shape index (κ3) is 6.24. The second kappa shape index (κ2) is 9.73. The monoisotopic (exact) mass is 269 g/mol. The van der Waals surface area contributed by atoms with Crippen molar-refractivity contribution >= 4 is 0 Å². The van der Waals surface area contributed by atoms with E-state index in [9.17, 15) is 0 Å². The average molecular weight is 269 g/mol. The Hall–Kier alpha value is -0.120. The molecule has 0 amide bonds. The molecule has 0 aromatic heterocycles. The Morgan fingerprint density at radius 1 is 1.26 bits per heavy atom. The molecule has 114 valence electrons. The molecule has 1 fully saturated rings. The van der Waals surface area contributed by atoms with Crippen LogP contribution >= 0.6 is 0 Å². The molecular formula is C16H35N3. The van der Waals surface area contributed by atoms with E-state index >= 15 is 0 Å². The smallest absolute Gasteiger partial charge is 0.0107 e. The molecule has 0 aliphatic carbocycles. The van der Waals surface area contributed by atoms with Crippen molar-refractivity contribution in [2.24, 2.45) is 5.92 Å². The topological polar surface area (TPSA) is 18.5 Å². The van der Waals surface area contributed by atoms with E-state index in [1.54, 1.807) is 0 Å². The van der Waals surface area contributed by atoms with Crippen LogP contribution in [0.3, 0.4) is 0 Å². The lowest BCUT2D eigenvalue weighted by Gasteiger charge is -2.36. The summed E-state index contributed by atoms with van der Waals surface area (Å²) in [6.07, 6.45) is 4.07. The Morgan fingerprint density at radius 2 is 2.00 bits per heavy atom. The van der Waals surface area contributed by atoms with Crippen LogP contribution in [0.1, 0.15) is 47.0 Å². The number of nitrogens with zero attached hydrogens (tertiary/aromatic N) is 2. The quantitative estimate of drug-likeness (QED) is 0.693. The van der Waals surface area contributed by atoms with Crippen LogP contribution in [-0.4, -0.2) is 61.7 Å². The van der Waals surface area contributed by atoms with Crippen LogP contribution in [-0.2, 0) is 0 Å². The second-order valence-electron chi connectivity index (χ2n) is 5.97. The summed E-state index contributed by atoms with van der Waals surface area (Å²) >= 11 is 0. The fraction of sp³-hybridized carbons (Fsp3) is 1.00. The van der Waals surface area contributed by atoms with Crippen molar-refractivity contribution < 1.29 is 0 Å². The lowest BCUT2D eigenvalue weighted by Crippen LogP contribution is -2.46. The maximum absolute atomic E-state index is 3.75. The van der Waals surface area contributed by atoms with Gasteiger partial charge in [0.2, 0.25) is 0 Å². The number of likely N-dealkylation sites (tertiary alicyclic amines) is 1. The Labute approximate surface area is 120 Å². The van der Waals surface area contributed by atoms with Gasteiger partial charge >= 0.3 is 0 Å². The molecule has 2 atom stereocenters. The van der Waals surface area contributed by atoms with Crippen molar-refractivity contribution in [2.75, 3.05) is 45.8 Å². The normalized spacial score (nSPS) is 22.9. The van der Waals surface area contributed by atoms with Gasteiger partial charge in [0, 0.05) is 25.7 Å². The van der Waals surface area contributed by atoms with Crippen LogP contribution in [0.5, 0.6) is 0 Å². The van der Waals surface area contributed by atoms with E-state index in [1.807, 2.05) is 0 Å². The maximum atomic E-state index is 3.75. The van der Waals surface area contributed by atoms with Gasteiger partial charge in [-0.15, -0.1) is 0 Å². The van der Waals surface area contributed by atoms with Gasteiger partial charge in [-0.1, -0.05) is 20.8 Å². The second-order valence-corrected chi connectivity index (χ2v) is 5.97. The molecule has 1 aliphatic rings. The third-order valence-corrected chi connectivity index (χ3v) is 4.58. The molecule has 1 heterocycles. The highest BCUT2D eigenvalue weighted by atomic mass is 15.1. The SMILES string of the molecule is CCCN1CCCC(C(C)NCCN(CC)CC)C1. The standard InChI is InChI=1S/C16H35N3/c1-5-11-19-12-8-9-16(14-19)15(4)17-10-13-18(6-2)7-3/h15-17H,5-14H2,1-4H3. The summed E-state index contributed by atoms with van der Waals surface area (Å²) in [6.45, 7) is 17.7. The van der Waals surface area contributed by atoms with Crippen molar-refractivity contribution in [2.45, 2.75) is 53.0 Å². The molecule has 3 heteroatoms. The summed E-state index contributed by atoms with van der Waals surface area (Å²) < 4.78 is 0. The summed E-state index contributed by atoms with van der Waals surface area (Å²) in [5.74, 6) is 0.844. The molecule has 1 saturated heterocycles. The summed E-state index contributed by atoms with van der Waals surface area (Å²) in [4.78, 5) is 5.14. The Kier molecular flexibility index (Phi) is 8.67. The molecule has 0 saturated carbocycles. The molecular weight excluding hydrogens is 234 g/mol. The van der Waals surface area contributed by atoms with Crippen LogP contribution in [0.25, 0.3) is 0 Å². The fourth-order valence-electron chi connectivity index (χ4n) is 3.18. The number of rotatable bonds is 9. The van der Waals surface area contributed by atoms with Crippen molar-refractivity contribution in [1.29, 1.82) is 0 Å². The third-order valence-electron chi connectivity index (χ3n) is 4.58. The molecule has 0 aromatic rings. The van der Waals surface area contributed by atoms with Gasteiger partial charge in [-0.3, -0.25) is 0 Å². The molecule has 0 spiro atoms. The fourth-order valence-corrected chi connectivity index (χ4v) is 3.18. The Bertz CT molecular complexity index is 214. The number of likely N-dealkylation sites (N-methyl/N-ethyl adjacent to an activating group) is 1. The van der Waals surface area contributed by atoms with Crippen LogP contribution in [0.4, 0.5) is 0 Å². The highest BCUT2D eigenvalue weighted by Gasteiger charge is 2.23. The van der Waals surface area contributed by atoms with Crippen molar-refractivity contribution in [3.63, 3.8) is 0 Å². The Morgan fingerprint density at radius 3 is 2.63 bits per heavy atom. The van der Waals surface area contributed by atoms with E-state index < -0.39 is 0 Å². The first-order chi connectivity index (χ1) is 9.21. The number of hydrogen-bond donors (Lipinski definition) is 1. The first-order valence-electron chi connectivity index (χ1n) is 8.39. The molecule has 2 unspecified atom stereocenters. The zero-order valence-corrected chi connectivity index (χ0v) is 13.6. The van der Waals surface area contributed by atoms with Crippen molar-refractivity contribution in [3.8, 4) is 0 Å². The van der Waals surface area contributed by atoms with E-state index in [2.05, 4.69) is 42.8 Å². The lowest BCUT2D eigenvalue weighted by atomic mass is 9.91. The largest absolute Gasteiger partial charge is 0.313 e. The lowest BCUT2D eigenvalue weighted by molar-refractivity contribution is 0.149.